The molecule has 0 bridgehead atoms. The number of anilines is 1. The van der Waals surface area contributed by atoms with Gasteiger partial charge in [0, 0.05) is 35.6 Å². The highest BCUT2D eigenvalue weighted by Gasteiger charge is 2.22. The Morgan fingerprint density at radius 1 is 1.14 bits per heavy atom. The Kier molecular flexibility index (Phi) is 4.79. The van der Waals surface area contributed by atoms with Crippen molar-refractivity contribution in [2.45, 2.75) is 26.7 Å². The first-order chi connectivity index (χ1) is 13.9. The van der Waals surface area contributed by atoms with Crippen molar-refractivity contribution >= 4 is 29.1 Å². The van der Waals surface area contributed by atoms with E-state index in [4.69, 9.17) is 4.74 Å². The molecule has 1 amide bonds. The molecule has 1 aliphatic rings. The number of Topliss-reactive ketones (excluding diaryl/α,β-unsaturated/α-hetero) is 1. The second-order valence-electron chi connectivity index (χ2n) is 6.88. The highest BCUT2D eigenvalue weighted by molar-refractivity contribution is 6.00. The summed E-state index contributed by atoms with van der Waals surface area (Å²) in [6, 6.07) is 8.50. The molecular formula is C20H19N5O4. The summed E-state index contributed by atoms with van der Waals surface area (Å²) in [5, 5.41) is 4.09. The van der Waals surface area contributed by atoms with E-state index in [0.717, 1.165) is 23.5 Å². The smallest absolute Gasteiger partial charge is 0.378 e. The number of hydrogen-bond acceptors (Lipinski definition) is 7. The minimum atomic E-state index is -0.791. The lowest BCUT2D eigenvalue weighted by atomic mass is 10.1. The van der Waals surface area contributed by atoms with Gasteiger partial charge in [-0.2, -0.15) is 4.98 Å². The second-order valence-corrected chi connectivity index (χ2v) is 6.88. The van der Waals surface area contributed by atoms with Crippen molar-refractivity contribution in [3.63, 3.8) is 0 Å². The fourth-order valence-corrected chi connectivity index (χ4v) is 3.28. The molecule has 29 heavy (non-hydrogen) atoms. The maximum atomic E-state index is 12.3. The van der Waals surface area contributed by atoms with Gasteiger partial charge in [0.25, 0.3) is 11.6 Å². The van der Waals surface area contributed by atoms with Gasteiger partial charge in [0.15, 0.2) is 12.4 Å². The lowest BCUT2D eigenvalue weighted by Crippen LogP contribution is -2.23. The van der Waals surface area contributed by atoms with E-state index in [2.05, 4.69) is 15.1 Å². The molecule has 0 saturated carbocycles. The van der Waals surface area contributed by atoms with E-state index in [-0.39, 0.29) is 17.5 Å². The summed E-state index contributed by atoms with van der Waals surface area (Å²) in [4.78, 5) is 46.3. The molecule has 4 rings (SSSR count). The van der Waals surface area contributed by atoms with Gasteiger partial charge < -0.3 is 9.64 Å². The lowest BCUT2D eigenvalue weighted by molar-refractivity contribution is -0.117. The van der Waals surface area contributed by atoms with E-state index >= 15 is 0 Å². The Morgan fingerprint density at radius 2 is 1.90 bits per heavy atom. The summed E-state index contributed by atoms with van der Waals surface area (Å²) >= 11 is 0. The van der Waals surface area contributed by atoms with Crippen LogP contribution >= 0.6 is 0 Å². The van der Waals surface area contributed by atoms with Crippen molar-refractivity contribution in [1.82, 2.24) is 19.6 Å². The first-order valence-electron chi connectivity index (χ1n) is 9.24. The topological polar surface area (TPSA) is 107 Å². The molecule has 0 N–H and O–H groups in total. The minimum absolute atomic E-state index is 0.0814. The third kappa shape index (κ3) is 3.71. The van der Waals surface area contributed by atoms with E-state index in [1.807, 2.05) is 19.9 Å². The quantitative estimate of drug-likeness (QED) is 0.481. The van der Waals surface area contributed by atoms with E-state index in [0.29, 0.717) is 24.3 Å². The van der Waals surface area contributed by atoms with Gasteiger partial charge in [-0.15, -0.1) is 5.10 Å². The maximum absolute atomic E-state index is 12.3. The number of amides is 1. The van der Waals surface area contributed by atoms with Crippen molar-refractivity contribution in [1.29, 1.82) is 0 Å². The number of benzene rings is 1. The van der Waals surface area contributed by atoms with Crippen molar-refractivity contribution in [3.8, 4) is 0 Å². The number of nitrogens with zero attached hydrogens (tertiary/aromatic N) is 5. The van der Waals surface area contributed by atoms with Crippen molar-refractivity contribution in [3.05, 3.63) is 53.1 Å². The largest absolute Gasteiger partial charge is 0.451 e. The molecule has 0 unspecified atom stereocenters. The van der Waals surface area contributed by atoms with Crippen molar-refractivity contribution < 1.29 is 19.1 Å². The molecule has 0 spiro atoms. The highest BCUT2D eigenvalue weighted by Crippen LogP contribution is 2.21. The van der Waals surface area contributed by atoms with Gasteiger partial charge in [-0.05, 0) is 50.6 Å². The fourth-order valence-electron chi connectivity index (χ4n) is 3.28. The zero-order valence-electron chi connectivity index (χ0n) is 16.1. The van der Waals surface area contributed by atoms with Gasteiger partial charge in [0.2, 0.25) is 5.91 Å². The lowest BCUT2D eigenvalue weighted by Gasteiger charge is -2.15. The van der Waals surface area contributed by atoms with Crippen LogP contribution in [0.5, 0.6) is 0 Å². The second kappa shape index (κ2) is 7.42. The first kappa shape index (κ1) is 18.7. The molecular weight excluding hydrogens is 374 g/mol. The van der Waals surface area contributed by atoms with Crippen LogP contribution in [0.1, 0.15) is 45.2 Å². The Labute approximate surface area is 166 Å². The molecule has 9 heteroatoms. The summed E-state index contributed by atoms with van der Waals surface area (Å²) in [6.45, 7) is 3.91. The van der Waals surface area contributed by atoms with Gasteiger partial charge in [-0.25, -0.2) is 14.3 Å². The molecule has 2 aromatic heterocycles. The van der Waals surface area contributed by atoms with Crippen molar-refractivity contribution in [2.24, 2.45) is 0 Å². The number of fused-ring (bicyclic) bond motifs is 1. The van der Waals surface area contributed by atoms with E-state index in [1.54, 1.807) is 29.2 Å². The predicted octanol–water partition coefficient (Wildman–Crippen LogP) is 1.91. The third-order valence-corrected chi connectivity index (χ3v) is 4.71. The fraction of sp³-hybridized carbons (Fsp3) is 0.300. The highest BCUT2D eigenvalue weighted by atomic mass is 16.5. The number of rotatable bonds is 5. The standard InChI is InChI=1S/C20H19N5O4/c1-12-10-13(2)25-20(21-12)22-18(23-25)19(28)29-11-16(26)14-5-7-15(8-6-14)24-9-3-4-17(24)27/h5-8,10H,3-4,9,11H2,1-2H3. The van der Waals surface area contributed by atoms with Crippen LogP contribution in [0.3, 0.4) is 0 Å². The Balaban J connectivity index is 1.41. The van der Waals surface area contributed by atoms with Gasteiger partial charge in [0.1, 0.15) is 0 Å². The molecule has 3 aromatic rings. The van der Waals surface area contributed by atoms with Crippen LogP contribution in [0, 0.1) is 13.8 Å². The molecule has 0 aliphatic carbocycles. The van der Waals surface area contributed by atoms with Crippen LogP contribution in [-0.4, -0.2) is 50.4 Å². The van der Waals surface area contributed by atoms with Gasteiger partial charge in [0.05, 0.1) is 0 Å². The van der Waals surface area contributed by atoms with Crippen LogP contribution in [0.25, 0.3) is 5.78 Å². The van der Waals surface area contributed by atoms with E-state index in [9.17, 15) is 14.4 Å². The Morgan fingerprint density at radius 3 is 2.59 bits per heavy atom. The normalized spacial score (nSPS) is 13.9. The molecule has 3 heterocycles. The van der Waals surface area contributed by atoms with Crippen molar-refractivity contribution in [2.75, 3.05) is 18.1 Å². The number of ketones is 1. The summed E-state index contributed by atoms with van der Waals surface area (Å²) in [6.07, 6.45) is 1.38. The summed E-state index contributed by atoms with van der Waals surface area (Å²) in [5.74, 6) is -0.917. The third-order valence-electron chi connectivity index (χ3n) is 4.71. The summed E-state index contributed by atoms with van der Waals surface area (Å²) < 4.78 is 6.52. The number of carbonyl (C=O) groups is 3. The first-order valence-corrected chi connectivity index (χ1v) is 9.24. The molecule has 0 radical (unpaired) electrons. The monoisotopic (exact) mass is 393 g/mol. The summed E-state index contributed by atoms with van der Waals surface area (Å²) in [5.41, 5.74) is 2.70. The molecule has 148 valence electrons. The Bertz CT molecular complexity index is 1120. The predicted molar refractivity (Wildman–Crippen MR) is 103 cm³/mol. The van der Waals surface area contributed by atoms with Gasteiger partial charge in [-0.1, -0.05) is 0 Å². The molecule has 1 saturated heterocycles. The van der Waals surface area contributed by atoms with Crippen LogP contribution in [0.15, 0.2) is 30.3 Å². The minimum Gasteiger partial charge on any atom is -0.451 e. The Hall–Kier alpha value is -3.62. The number of aryl methyl sites for hydroxylation is 2. The number of ether oxygens (including phenoxy) is 1. The van der Waals surface area contributed by atoms with E-state index < -0.39 is 12.6 Å². The van der Waals surface area contributed by atoms with Crippen LogP contribution in [0.4, 0.5) is 5.69 Å². The van der Waals surface area contributed by atoms with Crippen LogP contribution in [0.2, 0.25) is 0 Å². The number of hydrogen-bond donors (Lipinski definition) is 0. The van der Waals surface area contributed by atoms with Gasteiger partial charge in [-0.3, -0.25) is 9.59 Å². The molecule has 1 fully saturated rings. The zero-order valence-corrected chi connectivity index (χ0v) is 16.1. The average molecular weight is 393 g/mol. The summed E-state index contributed by atoms with van der Waals surface area (Å²) in [7, 11) is 0. The van der Waals surface area contributed by atoms with E-state index in [1.165, 1.54) is 4.52 Å². The number of esters is 1. The van der Waals surface area contributed by atoms with Crippen LogP contribution in [-0.2, 0) is 9.53 Å². The number of aromatic nitrogens is 4. The zero-order chi connectivity index (χ0) is 20.5. The van der Waals surface area contributed by atoms with Gasteiger partial charge >= 0.3 is 5.97 Å². The maximum Gasteiger partial charge on any atom is 0.378 e. The molecule has 1 aromatic carbocycles. The molecule has 1 aliphatic heterocycles. The van der Waals surface area contributed by atoms with Crippen LogP contribution < -0.4 is 4.90 Å². The average Bonchev–Trinajstić information content (AvgIpc) is 3.32. The molecule has 9 nitrogen and oxygen atoms in total. The number of carbonyl (C=O) groups excluding carboxylic acids is 3. The SMILES string of the molecule is Cc1cc(C)n2nc(C(=O)OCC(=O)c3ccc(N4CCCC4=O)cc3)nc2n1. The molecule has 0 atom stereocenters.